The summed E-state index contributed by atoms with van der Waals surface area (Å²) in [5.41, 5.74) is -0.503. The second-order valence-electron chi connectivity index (χ2n) is 4.00. The van der Waals surface area contributed by atoms with Crippen LogP contribution < -0.4 is 5.32 Å². The number of carbonyl (C=O) groups is 2. The van der Waals surface area contributed by atoms with Crippen molar-refractivity contribution in [3.63, 3.8) is 0 Å². The van der Waals surface area contributed by atoms with Gasteiger partial charge in [-0.1, -0.05) is 19.9 Å². The van der Waals surface area contributed by atoms with Crippen LogP contribution in [0.15, 0.2) is 12.7 Å². The van der Waals surface area contributed by atoms with Gasteiger partial charge in [-0.2, -0.15) is 0 Å². The zero-order valence-electron chi connectivity index (χ0n) is 8.67. The van der Waals surface area contributed by atoms with Gasteiger partial charge in [0.15, 0.2) is 0 Å². The second kappa shape index (κ2) is 5.42. The Labute approximate surface area is 84.0 Å². The molecular formula is C10H17NO3. The third kappa shape index (κ3) is 6.22. The molecule has 1 amide bonds. The van der Waals surface area contributed by atoms with Crippen LogP contribution in [0.5, 0.6) is 0 Å². The highest BCUT2D eigenvalue weighted by Crippen LogP contribution is 2.24. The maximum absolute atomic E-state index is 11.2. The van der Waals surface area contributed by atoms with Crippen molar-refractivity contribution in [1.29, 1.82) is 0 Å². The Hall–Kier alpha value is -1.32. The van der Waals surface area contributed by atoms with Gasteiger partial charge in [0.05, 0.1) is 6.42 Å². The summed E-state index contributed by atoms with van der Waals surface area (Å²) in [5, 5.41) is 11.2. The van der Waals surface area contributed by atoms with Crippen LogP contribution in [0.25, 0.3) is 0 Å². The first kappa shape index (κ1) is 12.7. The number of rotatable bonds is 6. The van der Waals surface area contributed by atoms with Crippen LogP contribution in [0.3, 0.4) is 0 Å². The summed E-state index contributed by atoms with van der Waals surface area (Å²) in [5.74, 6) is -1.03. The molecule has 0 saturated heterocycles. The van der Waals surface area contributed by atoms with Crippen LogP contribution in [0.4, 0.5) is 0 Å². The molecule has 0 aromatic heterocycles. The van der Waals surface area contributed by atoms with Gasteiger partial charge in [0.25, 0.3) is 0 Å². The van der Waals surface area contributed by atoms with E-state index in [2.05, 4.69) is 11.9 Å². The molecule has 0 aromatic carbocycles. The molecule has 80 valence electrons. The largest absolute Gasteiger partial charge is 0.481 e. The molecule has 0 saturated carbocycles. The quantitative estimate of drug-likeness (QED) is 0.631. The standard InChI is InChI=1S/C10H17NO3/c1-4-5-11-8(12)6-10(2,3)7-9(13)14/h4H,1,5-7H2,2-3H3,(H,11,12)(H,13,14). The Balaban J connectivity index is 4.00. The average molecular weight is 199 g/mol. The molecule has 4 heteroatoms. The van der Waals surface area contributed by atoms with Crippen LogP contribution in [-0.2, 0) is 9.59 Å². The van der Waals surface area contributed by atoms with E-state index in [1.165, 1.54) is 0 Å². The number of hydrogen-bond donors (Lipinski definition) is 2. The van der Waals surface area contributed by atoms with Crippen LogP contribution in [0, 0.1) is 5.41 Å². The Morgan fingerprint density at radius 1 is 1.43 bits per heavy atom. The average Bonchev–Trinajstić information content (AvgIpc) is 1.96. The molecule has 2 N–H and O–H groups in total. The van der Waals surface area contributed by atoms with Crippen LogP contribution in [0.1, 0.15) is 26.7 Å². The van der Waals surface area contributed by atoms with E-state index in [4.69, 9.17) is 5.11 Å². The lowest BCUT2D eigenvalue weighted by Gasteiger charge is -2.21. The monoisotopic (exact) mass is 199 g/mol. The molecule has 4 nitrogen and oxygen atoms in total. The third-order valence-electron chi connectivity index (χ3n) is 1.71. The second-order valence-corrected chi connectivity index (χ2v) is 4.00. The first-order valence-corrected chi connectivity index (χ1v) is 4.47. The Kier molecular flexibility index (Phi) is 4.91. The zero-order valence-corrected chi connectivity index (χ0v) is 8.67. The third-order valence-corrected chi connectivity index (χ3v) is 1.71. The molecule has 0 spiro atoms. The normalized spacial score (nSPS) is 10.7. The van der Waals surface area contributed by atoms with Gasteiger partial charge in [0, 0.05) is 13.0 Å². The lowest BCUT2D eigenvalue weighted by atomic mass is 9.85. The van der Waals surface area contributed by atoms with Crippen molar-refractivity contribution in [2.75, 3.05) is 6.54 Å². The predicted octanol–water partition coefficient (Wildman–Crippen LogP) is 1.18. The fourth-order valence-corrected chi connectivity index (χ4v) is 1.16. The molecule has 0 radical (unpaired) electrons. The lowest BCUT2D eigenvalue weighted by Crippen LogP contribution is -2.30. The van der Waals surface area contributed by atoms with E-state index in [1.54, 1.807) is 19.9 Å². The van der Waals surface area contributed by atoms with Gasteiger partial charge in [-0.25, -0.2) is 0 Å². The minimum absolute atomic E-state index is 0.00545. The van der Waals surface area contributed by atoms with Gasteiger partial charge in [-0.15, -0.1) is 6.58 Å². The molecule has 0 aliphatic heterocycles. The van der Waals surface area contributed by atoms with E-state index in [9.17, 15) is 9.59 Å². The summed E-state index contributed by atoms with van der Waals surface area (Å²) < 4.78 is 0. The van der Waals surface area contributed by atoms with Gasteiger partial charge in [0.2, 0.25) is 5.91 Å². The SMILES string of the molecule is C=CCNC(=O)CC(C)(C)CC(=O)O. The molecule has 0 unspecified atom stereocenters. The highest BCUT2D eigenvalue weighted by Gasteiger charge is 2.24. The van der Waals surface area contributed by atoms with Gasteiger partial charge in [0.1, 0.15) is 0 Å². The molecule has 0 heterocycles. The Bertz CT molecular complexity index is 234. The first-order valence-electron chi connectivity index (χ1n) is 4.47. The summed E-state index contributed by atoms with van der Waals surface area (Å²) in [4.78, 5) is 21.7. The van der Waals surface area contributed by atoms with Crippen molar-refractivity contribution in [1.82, 2.24) is 5.32 Å². The summed E-state index contributed by atoms with van der Waals surface area (Å²) in [6.07, 6.45) is 1.80. The maximum Gasteiger partial charge on any atom is 0.303 e. The molecule has 0 aliphatic carbocycles. The zero-order chi connectivity index (χ0) is 11.2. The number of nitrogens with one attached hydrogen (secondary N) is 1. The van der Waals surface area contributed by atoms with Crippen molar-refractivity contribution in [3.8, 4) is 0 Å². The first-order chi connectivity index (χ1) is 6.37. The molecule has 0 aromatic rings. The molecule has 0 bridgehead atoms. The highest BCUT2D eigenvalue weighted by molar-refractivity contribution is 5.78. The van der Waals surface area contributed by atoms with E-state index in [1.807, 2.05) is 0 Å². The Morgan fingerprint density at radius 3 is 2.43 bits per heavy atom. The number of amides is 1. The summed E-state index contributed by atoms with van der Waals surface area (Å²) in [6, 6.07) is 0. The molecule has 14 heavy (non-hydrogen) atoms. The van der Waals surface area contributed by atoms with Crippen molar-refractivity contribution in [2.45, 2.75) is 26.7 Å². The number of carbonyl (C=O) groups excluding carboxylic acids is 1. The van der Waals surface area contributed by atoms with E-state index in [0.29, 0.717) is 6.54 Å². The van der Waals surface area contributed by atoms with E-state index >= 15 is 0 Å². The van der Waals surface area contributed by atoms with E-state index in [-0.39, 0.29) is 18.7 Å². The molecule has 0 rings (SSSR count). The van der Waals surface area contributed by atoms with Crippen LogP contribution >= 0.6 is 0 Å². The Morgan fingerprint density at radius 2 is 2.00 bits per heavy atom. The maximum atomic E-state index is 11.2. The van der Waals surface area contributed by atoms with Crippen molar-refractivity contribution in [3.05, 3.63) is 12.7 Å². The van der Waals surface area contributed by atoms with Gasteiger partial charge in [-0.3, -0.25) is 9.59 Å². The van der Waals surface area contributed by atoms with Crippen molar-refractivity contribution < 1.29 is 14.7 Å². The summed E-state index contributed by atoms with van der Waals surface area (Å²) >= 11 is 0. The van der Waals surface area contributed by atoms with Gasteiger partial charge in [-0.05, 0) is 5.41 Å². The van der Waals surface area contributed by atoms with Crippen LogP contribution in [0.2, 0.25) is 0 Å². The number of carboxylic acid groups (broad SMARTS) is 1. The fraction of sp³-hybridized carbons (Fsp3) is 0.600. The van der Waals surface area contributed by atoms with Crippen LogP contribution in [-0.4, -0.2) is 23.5 Å². The predicted molar refractivity (Wildman–Crippen MR) is 53.9 cm³/mol. The summed E-state index contributed by atoms with van der Waals surface area (Å²) in [6.45, 7) is 7.40. The van der Waals surface area contributed by atoms with Crippen molar-refractivity contribution in [2.24, 2.45) is 5.41 Å². The smallest absolute Gasteiger partial charge is 0.303 e. The number of hydrogen-bond acceptors (Lipinski definition) is 2. The minimum Gasteiger partial charge on any atom is -0.481 e. The molecule has 0 aliphatic rings. The highest BCUT2D eigenvalue weighted by atomic mass is 16.4. The lowest BCUT2D eigenvalue weighted by molar-refractivity contribution is -0.139. The molecule has 0 atom stereocenters. The molecular weight excluding hydrogens is 182 g/mol. The van der Waals surface area contributed by atoms with E-state index < -0.39 is 11.4 Å². The number of aliphatic carboxylic acids is 1. The molecule has 0 fully saturated rings. The van der Waals surface area contributed by atoms with E-state index in [0.717, 1.165) is 0 Å². The fourth-order valence-electron chi connectivity index (χ4n) is 1.16. The van der Waals surface area contributed by atoms with Gasteiger partial charge >= 0.3 is 5.97 Å². The van der Waals surface area contributed by atoms with Crippen molar-refractivity contribution >= 4 is 11.9 Å². The van der Waals surface area contributed by atoms with Gasteiger partial charge < -0.3 is 10.4 Å². The topological polar surface area (TPSA) is 66.4 Å². The summed E-state index contributed by atoms with van der Waals surface area (Å²) in [7, 11) is 0. The number of carboxylic acids is 1. The minimum atomic E-state index is -0.883.